The van der Waals surface area contributed by atoms with E-state index < -0.39 is 0 Å². The van der Waals surface area contributed by atoms with Crippen molar-refractivity contribution < 1.29 is 14.6 Å². The Kier molecular flexibility index (Phi) is 6.03. The largest absolute Gasteiger partial charge is 0.508 e. The number of hydrogen-bond donors (Lipinski definition) is 3. The number of amides is 1. The molecule has 21 heavy (non-hydrogen) atoms. The number of carbonyl (C=O) groups excluding carboxylic acids is 1. The molecule has 1 aromatic carbocycles. The topological polar surface area (TPSA) is 70.6 Å². The Balaban J connectivity index is 2.51. The Labute approximate surface area is 126 Å². The normalized spacial score (nSPS) is 12.8. The Morgan fingerprint density at radius 3 is 2.62 bits per heavy atom. The van der Waals surface area contributed by atoms with Crippen LogP contribution >= 0.6 is 0 Å². The van der Waals surface area contributed by atoms with Crippen molar-refractivity contribution in [3.05, 3.63) is 23.8 Å². The van der Waals surface area contributed by atoms with Gasteiger partial charge < -0.3 is 20.5 Å². The highest BCUT2D eigenvalue weighted by Crippen LogP contribution is 2.28. The number of aromatic hydroxyl groups is 1. The summed E-state index contributed by atoms with van der Waals surface area (Å²) >= 11 is 0. The van der Waals surface area contributed by atoms with Crippen molar-refractivity contribution in [1.82, 2.24) is 10.6 Å². The van der Waals surface area contributed by atoms with Gasteiger partial charge in [0.05, 0.1) is 7.11 Å². The van der Waals surface area contributed by atoms with Crippen LogP contribution in [-0.4, -0.2) is 30.2 Å². The average molecular weight is 294 g/mol. The van der Waals surface area contributed by atoms with Crippen LogP contribution in [0.25, 0.3) is 0 Å². The first-order chi connectivity index (χ1) is 9.73. The Hall–Kier alpha value is -1.75. The summed E-state index contributed by atoms with van der Waals surface area (Å²) in [5.41, 5.74) is 0.541. The van der Waals surface area contributed by atoms with Crippen molar-refractivity contribution >= 4 is 5.91 Å². The van der Waals surface area contributed by atoms with Gasteiger partial charge >= 0.3 is 0 Å². The molecule has 0 saturated carbocycles. The van der Waals surface area contributed by atoms with E-state index in [1.54, 1.807) is 25.3 Å². The van der Waals surface area contributed by atoms with E-state index in [0.29, 0.717) is 18.7 Å². The summed E-state index contributed by atoms with van der Waals surface area (Å²) in [4.78, 5) is 11.7. The molecular formula is C16H26N2O3. The summed E-state index contributed by atoms with van der Waals surface area (Å²) in [6.07, 6.45) is 0.395. The fourth-order valence-corrected chi connectivity index (χ4v) is 2.00. The predicted molar refractivity (Wildman–Crippen MR) is 83.6 cm³/mol. The van der Waals surface area contributed by atoms with Crippen LogP contribution in [0.2, 0.25) is 0 Å². The van der Waals surface area contributed by atoms with Gasteiger partial charge in [-0.3, -0.25) is 4.79 Å². The van der Waals surface area contributed by atoms with E-state index in [4.69, 9.17) is 4.74 Å². The first-order valence-corrected chi connectivity index (χ1v) is 7.14. The number of methoxy groups -OCH3 is 1. The van der Waals surface area contributed by atoms with E-state index in [1.807, 2.05) is 27.7 Å². The molecule has 0 fully saturated rings. The van der Waals surface area contributed by atoms with Gasteiger partial charge in [-0.1, -0.05) is 0 Å². The number of nitrogens with one attached hydrogen (secondary N) is 2. The average Bonchev–Trinajstić information content (AvgIpc) is 2.37. The molecule has 1 aromatic rings. The molecule has 0 aliphatic carbocycles. The number of rotatable bonds is 6. The highest BCUT2D eigenvalue weighted by molar-refractivity contribution is 5.76. The zero-order valence-electron chi connectivity index (χ0n) is 13.5. The lowest BCUT2D eigenvalue weighted by Gasteiger charge is -2.21. The lowest BCUT2D eigenvalue weighted by Crippen LogP contribution is -2.41. The quantitative estimate of drug-likeness (QED) is 0.753. The second kappa shape index (κ2) is 7.31. The Morgan fingerprint density at radius 1 is 1.38 bits per heavy atom. The van der Waals surface area contributed by atoms with Gasteiger partial charge in [0.2, 0.25) is 5.91 Å². The van der Waals surface area contributed by atoms with Gasteiger partial charge in [0.1, 0.15) is 11.5 Å². The van der Waals surface area contributed by atoms with Crippen molar-refractivity contribution in [3.8, 4) is 11.5 Å². The molecule has 0 heterocycles. The van der Waals surface area contributed by atoms with Crippen molar-refractivity contribution in [2.45, 2.75) is 45.7 Å². The zero-order chi connectivity index (χ0) is 16.0. The standard InChI is InChI=1S/C16H26N2O3/c1-11(13-10-12(21-5)6-7-14(13)19)17-9-8-15(20)18-16(2,3)4/h6-7,10-11,17,19H,8-9H2,1-5H3,(H,18,20). The summed E-state index contributed by atoms with van der Waals surface area (Å²) in [6, 6.07) is 5.05. The first-order valence-electron chi connectivity index (χ1n) is 7.14. The summed E-state index contributed by atoms with van der Waals surface area (Å²) in [5.74, 6) is 0.925. The molecule has 1 rings (SSSR count). The molecule has 3 N–H and O–H groups in total. The fraction of sp³-hybridized carbons (Fsp3) is 0.562. The minimum absolute atomic E-state index is 0.0112. The van der Waals surface area contributed by atoms with E-state index in [2.05, 4.69) is 10.6 Å². The third-order valence-electron chi connectivity index (χ3n) is 3.02. The maximum atomic E-state index is 11.7. The van der Waals surface area contributed by atoms with E-state index in [0.717, 1.165) is 5.56 Å². The molecule has 0 aromatic heterocycles. The minimum atomic E-state index is -0.215. The number of benzene rings is 1. The first kappa shape index (κ1) is 17.3. The van der Waals surface area contributed by atoms with Crippen LogP contribution in [0.4, 0.5) is 0 Å². The van der Waals surface area contributed by atoms with Crippen molar-refractivity contribution in [3.63, 3.8) is 0 Å². The number of ether oxygens (including phenoxy) is 1. The minimum Gasteiger partial charge on any atom is -0.508 e. The van der Waals surface area contributed by atoms with Crippen molar-refractivity contribution in [2.75, 3.05) is 13.7 Å². The van der Waals surface area contributed by atoms with E-state index in [-0.39, 0.29) is 23.2 Å². The van der Waals surface area contributed by atoms with Crippen LogP contribution in [-0.2, 0) is 4.79 Å². The second-order valence-electron chi connectivity index (χ2n) is 6.15. The van der Waals surface area contributed by atoms with Gasteiger partial charge in [0.15, 0.2) is 0 Å². The second-order valence-corrected chi connectivity index (χ2v) is 6.15. The fourth-order valence-electron chi connectivity index (χ4n) is 2.00. The smallest absolute Gasteiger partial charge is 0.221 e. The lowest BCUT2D eigenvalue weighted by atomic mass is 10.1. The summed E-state index contributed by atoms with van der Waals surface area (Å²) in [6.45, 7) is 8.34. The van der Waals surface area contributed by atoms with Crippen LogP contribution in [0.15, 0.2) is 18.2 Å². The van der Waals surface area contributed by atoms with Gasteiger partial charge in [-0.25, -0.2) is 0 Å². The van der Waals surface area contributed by atoms with Crippen LogP contribution in [0.5, 0.6) is 11.5 Å². The van der Waals surface area contributed by atoms with Crippen LogP contribution in [0.3, 0.4) is 0 Å². The maximum Gasteiger partial charge on any atom is 0.221 e. The van der Waals surface area contributed by atoms with Crippen LogP contribution in [0.1, 0.15) is 45.7 Å². The Morgan fingerprint density at radius 2 is 2.05 bits per heavy atom. The monoisotopic (exact) mass is 294 g/mol. The molecular weight excluding hydrogens is 268 g/mol. The van der Waals surface area contributed by atoms with Gasteiger partial charge in [-0.2, -0.15) is 0 Å². The Bertz CT molecular complexity index is 481. The number of phenolic OH excluding ortho intramolecular Hbond substituents is 1. The third kappa shape index (κ3) is 6.04. The maximum absolute atomic E-state index is 11.7. The lowest BCUT2D eigenvalue weighted by molar-refractivity contribution is -0.122. The number of carbonyl (C=O) groups is 1. The van der Waals surface area contributed by atoms with Crippen LogP contribution < -0.4 is 15.4 Å². The third-order valence-corrected chi connectivity index (χ3v) is 3.02. The molecule has 1 unspecified atom stereocenters. The molecule has 0 spiro atoms. The molecule has 0 aliphatic heterocycles. The number of phenols is 1. The van der Waals surface area contributed by atoms with Gasteiger partial charge in [0, 0.05) is 30.1 Å². The summed E-state index contributed by atoms with van der Waals surface area (Å²) in [7, 11) is 1.59. The van der Waals surface area contributed by atoms with Gasteiger partial charge in [0.25, 0.3) is 0 Å². The zero-order valence-corrected chi connectivity index (χ0v) is 13.5. The molecule has 0 radical (unpaired) electrons. The highest BCUT2D eigenvalue weighted by Gasteiger charge is 2.15. The SMILES string of the molecule is COc1ccc(O)c(C(C)NCCC(=O)NC(C)(C)C)c1. The molecule has 0 aliphatic rings. The van der Waals surface area contributed by atoms with Gasteiger partial charge in [-0.05, 0) is 45.9 Å². The summed E-state index contributed by atoms with van der Waals surface area (Å²) in [5, 5.41) is 16.0. The van der Waals surface area contributed by atoms with Gasteiger partial charge in [-0.15, -0.1) is 0 Å². The number of hydrogen-bond acceptors (Lipinski definition) is 4. The molecule has 1 atom stereocenters. The highest BCUT2D eigenvalue weighted by atomic mass is 16.5. The summed E-state index contributed by atoms with van der Waals surface area (Å²) < 4.78 is 5.15. The molecule has 118 valence electrons. The molecule has 5 nitrogen and oxygen atoms in total. The van der Waals surface area contributed by atoms with E-state index >= 15 is 0 Å². The molecule has 0 saturated heterocycles. The van der Waals surface area contributed by atoms with Crippen LogP contribution in [0, 0.1) is 0 Å². The van der Waals surface area contributed by atoms with E-state index in [1.165, 1.54) is 0 Å². The molecule has 0 bridgehead atoms. The molecule has 5 heteroatoms. The predicted octanol–water partition coefficient (Wildman–Crippen LogP) is 2.36. The van der Waals surface area contributed by atoms with Crippen molar-refractivity contribution in [1.29, 1.82) is 0 Å². The molecule has 1 amide bonds. The van der Waals surface area contributed by atoms with E-state index in [9.17, 15) is 9.90 Å². The van der Waals surface area contributed by atoms with Crippen molar-refractivity contribution in [2.24, 2.45) is 0 Å².